The molecule has 1 aliphatic heterocycles. The molecule has 0 radical (unpaired) electrons. The number of nitrogens with one attached hydrogen (secondary N) is 1. The second kappa shape index (κ2) is 6.31. The Labute approximate surface area is 127 Å². The molecule has 2 heteroatoms. The van der Waals surface area contributed by atoms with Crippen LogP contribution in [0.4, 0.5) is 5.69 Å². The SMILES string of the molecule is CNCc1ccccc1CN1CC(C)Cc2ccccc21. The summed E-state index contributed by atoms with van der Waals surface area (Å²) in [5.74, 6) is 0.719. The molecule has 0 spiro atoms. The first-order valence-corrected chi connectivity index (χ1v) is 7.82. The third kappa shape index (κ3) is 3.11. The Morgan fingerprint density at radius 2 is 1.76 bits per heavy atom. The maximum absolute atomic E-state index is 3.27. The summed E-state index contributed by atoms with van der Waals surface area (Å²) in [7, 11) is 2.01. The van der Waals surface area contributed by atoms with Crippen molar-refractivity contribution in [1.29, 1.82) is 0 Å². The first kappa shape index (κ1) is 14.2. The van der Waals surface area contributed by atoms with Crippen LogP contribution in [0.1, 0.15) is 23.6 Å². The van der Waals surface area contributed by atoms with E-state index in [-0.39, 0.29) is 0 Å². The van der Waals surface area contributed by atoms with E-state index < -0.39 is 0 Å². The van der Waals surface area contributed by atoms with Crippen LogP contribution in [-0.4, -0.2) is 13.6 Å². The fourth-order valence-electron chi connectivity index (χ4n) is 3.34. The van der Waals surface area contributed by atoms with Gasteiger partial charge in [0.15, 0.2) is 0 Å². The van der Waals surface area contributed by atoms with E-state index in [0.29, 0.717) is 0 Å². The lowest BCUT2D eigenvalue weighted by Gasteiger charge is -2.35. The molecule has 1 N–H and O–H groups in total. The van der Waals surface area contributed by atoms with Gasteiger partial charge in [0, 0.05) is 25.3 Å². The Bertz CT molecular complexity index is 606. The third-order valence-corrected chi connectivity index (χ3v) is 4.28. The second-order valence-corrected chi connectivity index (χ2v) is 6.12. The van der Waals surface area contributed by atoms with Gasteiger partial charge in [0.25, 0.3) is 0 Å². The maximum atomic E-state index is 3.27. The monoisotopic (exact) mass is 280 g/mol. The minimum Gasteiger partial charge on any atom is -0.367 e. The summed E-state index contributed by atoms with van der Waals surface area (Å²) in [6.45, 7) is 5.42. The largest absolute Gasteiger partial charge is 0.367 e. The smallest absolute Gasteiger partial charge is 0.0432 e. The summed E-state index contributed by atoms with van der Waals surface area (Å²) < 4.78 is 0. The van der Waals surface area contributed by atoms with Crippen LogP contribution in [-0.2, 0) is 19.5 Å². The number of hydrogen-bond donors (Lipinski definition) is 1. The lowest BCUT2D eigenvalue weighted by molar-refractivity contribution is 0.529. The molecule has 2 aromatic rings. The molecular weight excluding hydrogens is 256 g/mol. The van der Waals surface area contributed by atoms with E-state index in [1.54, 1.807) is 0 Å². The van der Waals surface area contributed by atoms with Gasteiger partial charge in [0.1, 0.15) is 0 Å². The summed E-state index contributed by atoms with van der Waals surface area (Å²) in [6.07, 6.45) is 1.20. The molecule has 0 fully saturated rings. The molecule has 0 aliphatic carbocycles. The highest BCUT2D eigenvalue weighted by Crippen LogP contribution is 2.31. The number of fused-ring (bicyclic) bond motifs is 1. The van der Waals surface area contributed by atoms with Gasteiger partial charge in [0.05, 0.1) is 0 Å². The Morgan fingerprint density at radius 3 is 2.57 bits per heavy atom. The normalized spacial score (nSPS) is 17.6. The molecule has 2 nitrogen and oxygen atoms in total. The number of nitrogens with zero attached hydrogens (tertiary/aromatic N) is 1. The predicted molar refractivity (Wildman–Crippen MR) is 89.6 cm³/mol. The Kier molecular flexibility index (Phi) is 4.26. The van der Waals surface area contributed by atoms with Crippen molar-refractivity contribution in [2.45, 2.75) is 26.4 Å². The van der Waals surface area contributed by atoms with Crippen LogP contribution in [0.3, 0.4) is 0 Å². The number of para-hydroxylation sites is 1. The maximum Gasteiger partial charge on any atom is 0.0432 e. The molecule has 21 heavy (non-hydrogen) atoms. The van der Waals surface area contributed by atoms with Crippen molar-refractivity contribution < 1.29 is 0 Å². The van der Waals surface area contributed by atoms with E-state index in [4.69, 9.17) is 0 Å². The summed E-state index contributed by atoms with van der Waals surface area (Å²) in [4.78, 5) is 2.54. The van der Waals surface area contributed by atoms with E-state index in [0.717, 1.165) is 25.6 Å². The fraction of sp³-hybridized carbons (Fsp3) is 0.368. The van der Waals surface area contributed by atoms with Crippen molar-refractivity contribution in [3.63, 3.8) is 0 Å². The minimum absolute atomic E-state index is 0.719. The summed E-state index contributed by atoms with van der Waals surface area (Å²) >= 11 is 0. The van der Waals surface area contributed by atoms with E-state index in [2.05, 4.69) is 65.7 Å². The molecule has 110 valence electrons. The molecule has 2 aromatic carbocycles. The van der Waals surface area contributed by atoms with Crippen molar-refractivity contribution in [3.8, 4) is 0 Å². The van der Waals surface area contributed by atoms with E-state index >= 15 is 0 Å². The second-order valence-electron chi connectivity index (χ2n) is 6.12. The zero-order valence-corrected chi connectivity index (χ0v) is 13.0. The van der Waals surface area contributed by atoms with Gasteiger partial charge in [-0.3, -0.25) is 0 Å². The average molecular weight is 280 g/mol. The van der Waals surface area contributed by atoms with Gasteiger partial charge < -0.3 is 10.2 Å². The van der Waals surface area contributed by atoms with E-state index in [9.17, 15) is 0 Å². The predicted octanol–water partition coefficient (Wildman–Crippen LogP) is 3.60. The zero-order chi connectivity index (χ0) is 14.7. The van der Waals surface area contributed by atoms with E-state index in [1.807, 2.05) is 7.05 Å². The highest BCUT2D eigenvalue weighted by molar-refractivity contribution is 5.56. The molecule has 0 saturated heterocycles. The number of anilines is 1. The fourth-order valence-corrected chi connectivity index (χ4v) is 3.34. The van der Waals surface area contributed by atoms with Crippen LogP contribution in [0.5, 0.6) is 0 Å². The van der Waals surface area contributed by atoms with Gasteiger partial charge in [-0.25, -0.2) is 0 Å². The lowest BCUT2D eigenvalue weighted by atomic mass is 9.93. The summed E-state index contributed by atoms with van der Waals surface area (Å²) in [5.41, 5.74) is 5.73. The zero-order valence-electron chi connectivity index (χ0n) is 13.0. The highest BCUT2D eigenvalue weighted by Gasteiger charge is 2.21. The summed E-state index contributed by atoms with van der Waals surface area (Å²) in [5, 5.41) is 3.27. The van der Waals surface area contributed by atoms with Crippen molar-refractivity contribution in [2.24, 2.45) is 5.92 Å². The van der Waals surface area contributed by atoms with Crippen LogP contribution in [0, 0.1) is 5.92 Å². The van der Waals surface area contributed by atoms with Crippen LogP contribution in [0.2, 0.25) is 0 Å². The molecule has 0 aromatic heterocycles. The van der Waals surface area contributed by atoms with Gasteiger partial charge in [-0.05, 0) is 42.1 Å². The van der Waals surface area contributed by atoms with Crippen LogP contribution < -0.4 is 10.2 Å². The van der Waals surface area contributed by atoms with Crippen molar-refractivity contribution >= 4 is 5.69 Å². The quantitative estimate of drug-likeness (QED) is 0.920. The molecular formula is C19H24N2. The van der Waals surface area contributed by atoms with Crippen LogP contribution >= 0.6 is 0 Å². The molecule has 1 aliphatic rings. The van der Waals surface area contributed by atoms with Crippen molar-refractivity contribution in [2.75, 3.05) is 18.5 Å². The Hall–Kier alpha value is -1.80. The van der Waals surface area contributed by atoms with Gasteiger partial charge in [0.2, 0.25) is 0 Å². The molecule has 1 heterocycles. The molecule has 0 amide bonds. The van der Waals surface area contributed by atoms with Gasteiger partial charge in [-0.1, -0.05) is 49.4 Å². The molecule has 1 unspecified atom stereocenters. The van der Waals surface area contributed by atoms with Gasteiger partial charge in [-0.15, -0.1) is 0 Å². The molecule has 0 saturated carbocycles. The van der Waals surface area contributed by atoms with Crippen LogP contribution in [0.25, 0.3) is 0 Å². The first-order chi connectivity index (χ1) is 10.3. The Morgan fingerprint density at radius 1 is 1.05 bits per heavy atom. The lowest BCUT2D eigenvalue weighted by Crippen LogP contribution is -2.34. The Balaban J connectivity index is 1.88. The van der Waals surface area contributed by atoms with Crippen molar-refractivity contribution in [3.05, 3.63) is 65.2 Å². The number of benzene rings is 2. The topological polar surface area (TPSA) is 15.3 Å². The highest BCUT2D eigenvalue weighted by atomic mass is 15.1. The summed E-state index contributed by atoms with van der Waals surface area (Å²) in [6, 6.07) is 17.6. The van der Waals surface area contributed by atoms with Crippen LogP contribution in [0.15, 0.2) is 48.5 Å². The minimum atomic E-state index is 0.719. The first-order valence-electron chi connectivity index (χ1n) is 7.82. The standard InChI is InChI=1S/C19H24N2/c1-15-11-16-7-5-6-10-19(16)21(13-15)14-18-9-4-3-8-17(18)12-20-2/h3-10,15,20H,11-14H2,1-2H3. The van der Waals surface area contributed by atoms with Gasteiger partial charge >= 0.3 is 0 Å². The van der Waals surface area contributed by atoms with E-state index in [1.165, 1.54) is 28.8 Å². The van der Waals surface area contributed by atoms with Crippen molar-refractivity contribution in [1.82, 2.24) is 5.32 Å². The number of rotatable bonds is 4. The molecule has 1 atom stereocenters. The molecule has 3 rings (SSSR count). The number of hydrogen-bond acceptors (Lipinski definition) is 2. The molecule has 0 bridgehead atoms. The van der Waals surface area contributed by atoms with Gasteiger partial charge in [-0.2, -0.15) is 0 Å². The third-order valence-electron chi connectivity index (χ3n) is 4.28. The average Bonchev–Trinajstić information content (AvgIpc) is 2.49.